The molecule has 0 rings (SSSR count). The first-order chi connectivity index (χ1) is 12.0. The topological polar surface area (TPSA) is 0 Å². The Hall–Kier alpha value is 1.29. The Balaban J connectivity index is 5.38. The molecule has 2 atom stereocenters. The van der Waals surface area contributed by atoms with Crippen LogP contribution in [0.4, 0.5) is 0 Å². The molecule has 26 heavy (non-hydrogen) atoms. The van der Waals surface area contributed by atoms with Gasteiger partial charge in [0.15, 0.2) is 0 Å². The Morgan fingerprint density at radius 3 is 0.885 bits per heavy atom. The second kappa shape index (κ2) is 13.5. The predicted octanol–water partition coefficient (Wildman–Crippen LogP) is 8.86. The summed E-state index contributed by atoms with van der Waals surface area (Å²) in [5.41, 5.74) is 0. The summed E-state index contributed by atoms with van der Waals surface area (Å²) in [5.74, 6) is 0. The van der Waals surface area contributed by atoms with Gasteiger partial charge >= 0.3 is 0 Å². The molecule has 0 N–H and O–H groups in total. The van der Waals surface area contributed by atoms with Crippen molar-refractivity contribution in [1.82, 2.24) is 0 Å². The van der Waals surface area contributed by atoms with Crippen LogP contribution in [0.3, 0.4) is 0 Å². The van der Waals surface area contributed by atoms with Gasteiger partial charge in [0.25, 0.3) is 0 Å². The number of hydrogen-bond acceptors (Lipinski definition) is 0. The second-order valence-electron chi connectivity index (χ2n) is 10.4. The first kappa shape index (κ1) is 27.3. The molecule has 0 aliphatic heterocycles. The largest absolute Gasteiger partial charge is 0.106 e. The molecule has 0 aromatic carbocycles. The molecule has 0 nitrogen and oxygen atoms in total. The molecular weight excluding hydrogens is 382 g/mol. The van der Waals surface area contributed by atoms with Gasteiger partial charge in [-0.2, -0.15) is 0 Å². The SMILES string of the molecule is CCCP(CCC)C(CCC(P(CCC)CCC)[Si](C)(C)C)[Si](C)(C)C. The van der Waals surface area contributed by atoms with Crippen LogP contribution in [-0.4, -0.2) is 51.4 Å². The fourth-order valence-electron chi connectivity index (χ4n) is 4.64. The molecule has 0 heterocycles. The van der Waals surface area contributed by atoms with E-state index in [4.69, 9.17) is 0 Å². The minimum absolute atomic E-state index is 0.270. The van der Waals surface area contributed by atoms with Crippen LogP contribution in [-0.2, 0) is 0 Å². The number of rotatable bonds is 15. The highest BCUT2D eigenvalue weighted by atomic mass is 31.1. The van der Waals surface area contributed by atoms with Crippen LogP contribution in [0, 0.1) is 0 Å². The molecule has 4 heteroatoms. The third-order valence-electron chi connectivity index (χ3n) is 5.64. The van der Waals surface area contributed by atoms with E-state index in [0.717, 1.165) is 10.6 Å². The van der Waals surface area contributed by atoms with Gasteiger partial charge in [-0.05, 0) is 48.1 Å². The van der Waals surface area contributed by atoms with Gasteiger partial charge in [0.1, 0.15) is 0 Å². The van der Waals surface area contributed by atoms with Crippen molar-refractivity contribution in [2.24, 2.45) is 0 Å². The summed E-state index contributed by atoms with van der Waals surface area (Å²) in [4.78, 5) is 0. The van der Waals surface area contributed by atoms with Gasteiger partial charge in [0.2, 0.25) is 0 Å². The summed E-state index contributed by atoms with van der Waals surface area (Å²) < 4.78 is 0. The van der Waals surface area contributed by atoms with Crippen molar-refractivity contribution < 1.29 is 0 Å². The normalized spacial score (nSPS) is 15.7. The van der Waals surface area contributed by atoms with Crippen molar-refractivity contribution in [2.75, 3.05) is 24.6 Å². The van der Waals surface area contributed by atoms with Crippen LogP contribution in [0.2, 0.25) is 39.3 Å². The summed E-state index contributed by atoms with van der Waals surface area (Å²) in [6.45, 7) is 25.7. The van der Waals surface area contributed by atoms with Crippen LogP contribution < -0.4 is 0 Å². The summed E-state index contributed by atoms with van der Waals surface area (Å²) in [6, 6.07) is 0. The molecule has 0 aliphatic carbocycles. The third-order valence-corrected chi connectivity index (χ3v) is 23.4. The highest BCUT2D eigenvalue weighted by Gasteiger charge is 2.37. The second-order valence-corrected chi connectivity index (χ2v) is 27.6. The molecule has 0 saturated carbocycles. The van der Waals surface area contributed by atoms with Crippen molar-refractivity contribution >= 4 is 32.0 Å². The fraction of sp³-hybridized carbons (Fsp3) is 1.00. The summed E-state index contributed by atoms with van der Waals surface area (Å²) in [5, 5.41) is 2.22. The average Bonchev–Trinajstić information content (AvgIpc) is 2.49. The van der Waals surface area contributed by atoms with E-state index in [2.05, 4.69) is 67.0 Å². The highest BCUT2D eigenvalue weighted by molar-refractivity contribution is 7.62. The molecule has 0 aromatic heterocycles. The Labute approximate surface area is 172 Å². The van der Waals surface area contributed by atoms with E-state index in [1.807, 2.05) is 0 Å². The zero-order valence-corrected chi connectivity index (χ0v) is 23.9. The molecule has 0 spiro atoms. The minimum atomic E-state index is -1.07. The fourth-order valence-corrected chi connectivity index (χ4v) is 22.0. The van der Waals surface area contributed by atoms with Crippen LogP contribution in [0.15, 0.2) is 0 Å². The zero-order chi connectivity index (χ0) is 20.4. The van der Waals surface area contributed by atoms with E-state index >= 15 is 0 Å². The zero-order valence-electron chi connectivity index (χ0n) is 20.1. The lowest BCUT2D eigenvalue weighted by Gasteiger charge is -2.41. The number of hydrogen-bond donors (Lipinski definition) is 0. The maximum absolute atomic E-state index is 2.67. The quantitative estimate of drug-likeness (QED) is 0.178. The molecule has 2 unspecified atom stereocenters. The van der Waals surface area contributed by atoms with Gasteiger partial charge < -0.3 is 0 Å². The standard InChI is InChI=1S/C22H52P2Si2/c1-11-17-23(18-12-2)21(25(5,6)7)15-16-22(26(8,9)10)24(19-13-3)20-14-4/h21-22H,11-20H2,1-10H3. The van der Waals surface area contributed by atoms with Crippen LogP contribution in [0.1, 0.15) is 66.2 Å². The van der Waals surface area contributed by atoms with Crippen molar-refractivity contribution in [1.29, 1.82) is 0 Å². The molecule has 0 aromatic rings. The lowest BCUT2D eigenvalue weighted by atomic mass is 10.4. The Morgan fingerprint density at radius 2 is 0.731 bits per heavy atom. The van der Waals surface area contributed by atoms with E-state index in [9.17, 15) is 0 Å². The van der Waals surface area contributed by atoms with E-state index < -0.39 is 16.1 Å². The lowest BCUT2D eigenvalue weighted by molar-refractivity contribution is 0.794. The maximum Gasteiger partial charge on any atom is 0.0519 e. The van der Waals surface area contributed by atoms with Gasteiger partial charge in [0, 0.05) is 0 Å². The molecular formula is C22H52P2Si2. The average molecular weight is 435 g/mol. The van der Waals surface area contributed by atoms with Gasteiger partial charge in [-0.15, -0.1) is 15.8 Å². The molecule has 0 fully saturated rings. The monoisotopic (exact) mass is 434 g/mol. The molecule has 0 saturated heterocycles. The van der Waals surface area contributed by atoms with E-state index in [0.29, 0.717) is 0 Å². The van der Waals surface area contributed by atoms with Gasteiger partial charge in [-0.1, -0.05) is 92.7 Å². The molecule has 0 radical (unpaired) electrons. The third kappa shape index (κ3) is 10.2. The van der Waals surface area contributed by atoms with E-state index in [-0.39, 0.29) is 15.8 Å². The minimum Gasteiger partial charge on any atom is -0.106 e. The van der Waals surface area contributed by atoms with Crippen molar-refractivity contribution in [3.05, 3.63) is 0 Å². The smallest absolute Gasteiger partial charge is 0.0519 e. The van der Waals surface area contributed by atoms with Crippen molar-refractivity contribution in [3.8, 4) is 0 Å². The van der Waals surface area contributed by atoms with Crippen molar-refractivity contribution in [3.63, 3.8) is 0 Å². The summed E-state index contributed by atoms with van der Waals surface area (Å²) in [7, 11) is -1.60. The van der Waals surface area contributed by atoms with Crippen LogP contribution in [0.25, 0.3) is 0 Å². The summed E-state index contributed by atoms with van der Waals surface area (Å²) in [6.07, 6.45) is 14.9. The van der Waals surface area contributed by atoms with Crippen LogP contribution >= 0.6 is 15.8 Å². The maximum atomic E-state index is 2.67. The van der Waals surface area contributed by atoms with Gasteiger partial charge in [0.05, 0.1) is 16.1 Å². The van der Waals surface area contributed by atoms with Gasteiger partial charge in [-0.3, -0.25) is 0 Å². The first-order valence-corrected chi connectivity index (χ1v) is 22.2. The molecule has 0 amide bonds. The highest BCUT2D eigenvalue weighted by Crippen LogP contribution is 2.52. The summed E-state index contributed by atoms with van der Waals surface area (Å²) >= 11 is 0. The Kier molecular flexibility index (Phi) is 14.2. The van der Waals surface area contributed by atoms with E-state index in [1.165, 1.54) is 50.3 Å². The molecule has 158 valence electrons. The first-order valence-electron chi connectivity index (χ1n) is 11.5. The van der Waals surface area contributed by atoms with E-state index in [1.54, 1.807) is 12.8 Å². The lowest BCUT2D eigenvalue weighted by Crippen LogP contribution is -2.42. The molecule has 0 bridgehead atoms. The Morgan fingerprint density at radius 1 is 0.500 bits per heavy atom. The van der Waals surface area contributed by atoms with Gasteiger partial charge in [-0.25, -0.2) is 0 Å². The van der Waals surface area contributed by atoms with Crippen molar-refractivity contribution in [2.45, 2.75) is 116 Å². The Bertz CT molecular complexity index is 301. The van der Waals surface area contributed by atoms with Crippen LogP contribution in [0.5, 0.6) is 0 Å². The molecule has 0 aliphatic rings. The predicted molar refractivity (Wildman–Crippen MR) is 138 cm³/mol.